The van der Waals surface area contributed by atoms with Crippen molar-refractivity contribution in [2.75, 3.05) is 7.11 Å². The number of rotatable bonds is 2. The lowest BCUT2D eigenvalue weighted by atomic mass is 9.96. The summed E-state index contributed by atoms with van der Waals surface area (Å²) >= 11 is 3.43. The highest BCUT2D eigenvalue weighted by Crippen LogP contribution is 2.62. The van der Waals surface area contributed by atoms with E-state index >= 15 is 0 Å². The van der Waals surface area contributed by atoms with Crippen LogP contribution in [0.3, 0.4) is 0 Å². The third kappa shape index (κ3) is 1.58. The minimum absolute atomic E-state index is 0.175. The third-order valence-electron chi connectivity index (χ3n) is 3.45. The largest absolute Gasteiger partial charge is 0.496 e. The Morgan fingerprint density at radius 3 is 2.47 bits per heavy atom. The van der Waals surface area contributed by atoms with Crippen molar-refractivity contribution in [3.05, 3.63) is 28.2 Å². The van der Waals surface area contributed by atoms with E-state index in [0.29, 0.717) is 0 Å². The number of hydrogen-bond donors (Lipinski definition) is 1. The lowest BCUT2D eigenvalue weighted by Crippen LogP contribution is -2.26. The second-order valence-corrected chi connectivity index (χ2v) is 5.79. The molecule has 2 rings (SSSR count). The molecule has 0 heterocycles. The predicted molar refractivity (Wildman–Crippen MR) is 65.0 cm³/mol. The fourth-order valence-electron chi connectivity index (χ4n) is 2.15. The zero-order valence-corrected chi connectivity index (χ0v) is 10.9. The van der Waals surface area contributed by atoms with Gasteiger partial charge in [0.15, 0.2) is 0 Å². The molecular formula is C12H16BrNO. The number of hydrogen-bond acceptors (Lipinski definition) is 2. The Morgan fingerprint density at radius 1 is 1.40 bits per heavy atom. The summed E-state index contributed by atoms with van der Waals surface area (Å²) in [5.41, 5.74) is 7.44. The van der Waals surface area contributed by atoms with Crippen molar-refractivity contribution in [1.29, 1.82) is 0 Å². The van der Waals surface area contributed by atoms with Crippen LogP contribution in [-0.4, -0.2) is 7.11 Å². The van der Waals surface area contributed by atoms with Gasteiger partial charge in [0.1, 0.15) is 5.75 Å². The summed E-state index contributed by atoms with van der Waals surface area (Å²) in [5.74, 6) is 0.873. The fourth-order valence-corrected chi connectivity index (χ4v) is 2.49. The Balaban J connectivity index is 2.46. The van der Waals surface area contributed by atoms with Crippen molar-refractivity contribution in [2.45, 2.75) is 25.8 Å². The summed E-state index contributed by atoms with van der Waals surface area (Å²) in [4.78, 5) is 0. The molecule has 1 aromatic carbocycles. The summed E-state index contributed by atoms with van der Waals surface area (Å²) in [6.45, 7) is 4.38. The van der Waals surface area contributed by atoms with Gasteiger partial charge in [-0.2, -0.15) is 0 Å². The SMILES string of the molecule is COc1cc(Br)ccc1C1(N)CC1(C)C. The maximum Gasteiger partial charge on any atom is 0.125 e. The second kappa shape index (κ2) is 3.22. The minimum atomic E-state index is -0.223. The molecule has 1 aliphatic carbocycles. The fraction of sp³-hybridized carbons (Fsp3) is 0.500. The van der Waals surface area contributed by atoms with Gasteiger partial charge < -0.3 is 10.5 Å². The first-order valence-corrected chi connectivity index (χ1v) is 5.83. The minimum Gasteiger partial charge on any atom is -0.496 e. The number of ether oxygens (including phenoxy) is 1. The van der Waals surface area contributed by atoms with Gasteiger partial charge in [0.05, 0.1) is 12.6 Å². The zero-order valence-electron chi connectivity index (χ0n) is 9.30. The van der Waals surface area contributed by atoms with E-state index in [2.05, 4.69) is 35.8 Å². The third-order valence-corrected chi connectivity index (χ3v) is 3.94. The molecule has 1 fully saturated rings. The van der Waals surface area contributed by atoms with E-state index in [1.807, 2.05) is 12.1 Å². The van der Waals surface area contributed by atoms with Crippen LogP contribution in [-0.2, 0) is 5.54 Å². The lowest BCUT2D eigenvalue weighted by Gasteiger charge is -2.18. The van der Waals surface area contributed by atoms with E-state index in [1.165, 1.54) is 0 Å². The van der Waals surface area contributed by atoms with Crippen molar-refractivity contribution in [3.63, 3.8) is 0 Å². The van der Waals surface area contributed by atoms with Crippen molar-refractivity contribution in [2.24, 2.45) is 11.1 Å². The van der Waals surface area contributed by atoms with Gasteiger partial charge in [-0.3, -0.25) is 0 Å². The van der Waals surface area contributed by atoms with E-state index in [9.17, 15) is 0 Å². The molecule has 0 amide bonds. The molecule has 3 heteroatoms. The molecule has 0 radical (unpaired) electrons. The molecule has 0 saturated heterocycles. The molecule has 1 aliphatic rings. The Hall–Kier alpha value is -0.540. The van der Waals surface area contributed by atoms with Crippen LogP contribution in [0.15, 0.2) is 22.7 Å². The molecule has 1 unspecified atom stereocenters. The molecule has 1 atom stereocenters. The number of benzene rings is 1. The van der Waals surface area contributed by atoms with Crippen molar-refractivity contribution in [1.82, 2.24) is 0 Å². The van der Waals surface area contributed by atoms with Gasteiger partial charge in [-0.25, -0.2) is 0 Å². The van der Waals surface area contributed by atoms with E-state index in [-0.39, 0.29) is 11.0 Å². The van der Waals surface area contributed by atoms with E-state index < -0.39 is 0 Å². The average Bonchev–Trinajstić information content (AvgIpc) is 2.66. The van der Waals surface area contributed by atoms with Gasteiger partial charge >= 0.3 is 0 Å². The monoisotopic (exact) mass is 269 g/mol. The summed E-state index contributed by atoms with van der Waals surface area (Å²) in [6, 6.07) is 6.04. The first-order valence-electron chi connectivity index (χ1n) is 5.04. The summed E-state index contributed by atoms with van der Waals surface area (Å²) in [6.07, 6.45) is 1.01. The molecule has 0 spiro atoms. The maximum atomic E-state index is 6.38. The van der Waals surface area contributed by atoms with Crippen molar-refractivity contribution >= 4 is 15.9 Å². The molecule has 82 valence electrons. The topological polar surface area (TPSA) is 35.2 Å². The predicted octanol–water partition coefficient (Wildman–Crippen LogP) is 3.04. The summed E-state index contributed by atoms with van der Waals surface area (Å²) < 4.78 is 6.39. The number of halogens is 1. The highest BCUT2D eigenvalue weighted by molar-refractivity contribution is 9.10. The van der Waals surface area contributed by atoms with E-state index in [4.69, 9.17) is 10.5 Å². The number of nitrogens with two attached hydrogens (primary N) is 1. The number of methoxy groups -OCH3 is 1. The van der Waals surface area contributed by atoms with Gasteiger partial charge in [0.25, 0.3) is 0 Å². The van der Waals surface area contributed by atoms with Gasteiger partial charge in [-0.05, 0) is 24.0 Å². The highest BCUT2D eigenvalue weighted by Gasteiger charge is 2.60. The van der Waals surface area contributed by atoms with Crippen molar-refractivity contribution in [3.8, 4) is 5.75 Å². The van der Waals surface area contributed by atoms with Gasteiger partial charge in [0.2, 0.25) is 0 Å². The normalized spacial score (nSPS) is 27.5. The molecule has 1 saturated carbocycles. The standard InChI is InChI=1S/C12H16BrNO/c1-11(2)7-12(11,14)9-5-4-8(13)6-10(9)15-3/h4-6H,7,14H2,1-3H3. The van der Waals surface area contributed by atoms with Gasteiger partial charge in [-0.1, -0.05) is 35.8 Å². The average molecular weight is 270 g/mol. The van der Waals surface area contributed by atoms with E-state index in [1.54, 1.807) is 7.11 Å². The van der Waals surface area contributed by atoms with Crippen LogP contribution >= 0.6 is 15.9 Å². The van der Waals surface area contributed by atoms with Crippen LogP contribution in [0.4, 0.5) is 0 Å². The van der Waals surface area contributed by atoms with Crippen LogP contribution in [0.5, 0.6) is 5.75 Å². The first kappa shape index (κ1) is 11.0. The zero-order chi connectivity index (χ0) is 11.3. The van der Waals surface area contributed by atoms with Gasteiger partial charge in [-0.15, -0.1) is 0 Å². The molecule has 2 N–H and O–H groups in total. The lowest BCUT2D eigenvalue weighted by molar-refractivity contribution is 0.395. The second-order valence-electron chi connectivity index (χ2n) is 4.88. The molecule has 0 aromatic heterocycles. The van der Waals surface area contributed by atoms with Crippen LogP contribution < -0.4 is 10.5 Å². The molecular weight excluding hydrogens is 254 g/mol. The Kier molecular flexibility index (Phi) is 2.36. The highest BCUT2D eigenvalue weighted by atomic mass is 79.9. The Bertz CT molecular complexity index is 403. The Morgan fingerprint density at radius 2 is 2.00 bits per heavy atom. The van der Waals surface area contributed by atoms with Crippen LogP contribution in [0.2, 0.25) is 0 Å². The molecule has 15 heavy (non-hydrogen) atoms. The van der Waals surface area contributed by atoms with Crippen molar-refractivity contribution < 1.29 is 4.74 Å². The molecule has 0 aliphatic heterocycles. The van der Waals surface area contributed by atoms with Crippen LogP contribution in [0.25, 0.3) is 0 Å². The maximum absolute atomic E-state index is 6.38. The molecule has 2 nitrogen and oxygen atoms in total. The van der Waals surface area contributed by atoms with Crippen LogP contribution in [0, 0.1) is 5.41 Å². The summed E-state index contributed by atoms with van der Waals surface area (Å²) in [7, 11) is 1.68. The molecule has 0 bridgehead atoms. The van der Waals surface area contributed by atoms with Crippen LogP contribution in [0.1, 0.15) is 25.8 Å². The summed E-state index contributed by atoms with van der Waals surface area (Å²) in [5, 5.41) is 0. The Labute approximate surface area is 98.9 Å². The van der Waals surface area contributed by atoms with Gasteiger partial charge in [0, 0.05) is 10.0 Å². The van der Waals surface area contributed by atoms with E-state index in [0.717, 1.165) is 22.2 Å². The first-order chi connectivity index (χ1) is 6.90. The molecule has 1 aromatic rings. The quantitative estimate of drug-likeness (QED) is 0.896. The smallest absolute Gasteiger partial charge is 0.125 e.